The molecule has 5 heteroatoms. The van der Waals surface area contributed by atoms with Gasteiger partial charge in [-0.3, -0.25) is 9.69 Å². The van der Waals surface area contributed by atoms with Crippen molar-refractivity contribution in [3.05, 3.63) is 59.7 Å². The summed E-state index contributed by atoms with van der Waals surface area (Å²) >= 11 is 0. The number of fused-ring (bicyclic) bond motifs is 3. The Kier molecular flexibility index (Phi) is 9.08. The molecule has 2 aliphatic rings. The van der Waals surface area contributed by atoms with Crippen molar-refractivity contribution < 1.29 is 9.53 Å². The number of nitrogens with zero attached hydrogens (tertiary/aromatic N) is 2. The molecule has 2 aliphatic heterocycles. The Labute approximate surface area is 211 Å². The Morgan fingerprint density at radius 3 is 2.66 bits per heavy atom. The molecular formula is C30H43N3O2. The first-order valence-corrected chi connectivity index (χ1v) is 13.5. The molecule has 0 aromatic heterocycles. The van der Waals surface area contributed by atoms with Crippen molar-refractivity contribution >= 4 is 11.6 Å². The minimum Gasteiger partial charge on any atom is -0.496 e. The van der Waals surface area contributed by atoms with Crippen molar-refractivity contribution in [2.24, 2.45) is 5.92 Å². The second-order valence-corrected chi connectivity index (χ2v) is 10.6. The summed E-state index contributed by atoms with van der Waals surface area (Å²) in [5.74, 6) is 1.87. The monoisotopic (exact) mass is 477 g/mol. The summed E-state index contributed by atoms with van der Waals surface area (Å²) in [4.78, 5) is 18.5. The summed E-state index contributed by atoms with van der Waals surface area (Å²) in [5.41, 5.74) is 3.57. The predicted molar refractivity (Wildman–Crippen MR) is 144 cm³/mol. The number of carbonyl (C=O) groups is 1. The van der Waals surface area contributed by atoms with E-state index in [1.54, 1.807) is 7.11 Å². The van der Waals surface area contributed by atoms with Gasteiger partial charge in [0.25, 0.3) is 0 Å². The van der Waals surface area contributed by atoms with Crippen molar-refractivity contribution in [1.82, 2.24) is 9.80 Å². The molecule has 1 amide bonds. The summed E-state index contributed by atoms with van der Waals surface area (Å²) < 4.78 is 5.50. The smallest absolute Gasteiger partial charge is 0.222 e. The quantitative estimate of drug-likeness (QED) is 0.526. The molecule has 0 unspecified atom stereocenters. The molecule has 35 heavy (non-hydrogen) atoms. The van der Waals surface area contributed by atoms with E-state index in [1.807, 2.05) is 18.2 Å². The highest BCUT2D eigenvalue weighted by Gasteiger charge is 2.35. The topological polar surface area (TPSA) is 44.8 Å². The second kappa shape index (κ2) is 12.4. The molecule has 0 radical (unpaired) electrons. The van der Waals surface area contributed by atoms with Crippen LogP contribution in [-0.4, -0.2) is 54.5 Å². The van der Waals surface area contributed by atoms with Crippen molar-refractivity contribution in [2.75, 3.05) is 32.1 Å². The number of para-hydroxylation sites is 2. The largest absolute Gasteiger partial charge is 0.496 e. The molecule has 0 aliphatic carbocycles. The van der Waals surface area contributed by atoms with Crippen LogP contribution in [0.4, 0.5) is 5.69 Å². The van der Waals surface area contributed by atoms with Gasteiger partial charge in [-0.2, -0.15) is 0 Å². The molecule has 1 N–H and O–H groups in total. The number of nitrogens with one attached hydrogen (secondary N) is 1. The number of hydrogen-bond donors (Lipinski definition) is 1. The normalized spacial score (nSPS) is 20.7. The van der Waals surface area contributed by atoms with Gasteiger partial charge in [0.1, 0.15) is 5.75 Å². The van der Waals surface area contributed by atoms with E-state index in [2.05, 4.69) is 59.3 Å². The standard InChI is InChI=1S/C30H43N3O2/c1-23(2)18-20-33-26-15-16-27(33)22-32(21-25-10-4-6-12-28(25)31-19-17-26)30(34)14-8-11-24-9-5-7-13-29(24)35-3/h4-7,9-10,12-13,23,26-27,31H,8,11,14-22H2,1-3H3/t26-,27+/m1/s1. The van der Waals surface area contributed by atoms with Crippen LogP contribution in [-0.2, 0) is 17.8 Å². The summed E-state index contributed by atoms with van der Waals surface area (Å²) in [6.45, 7) is 8.25. The fourth-order valence-electron chi connectivity index (χ4n) is 5.71. The summed E-state index contributed by atoms with van der Waals surface area (Å²) in [5, 5.41) is 3.69. The van der Waals surface area contributed by atoms with Gasteiger partial charge in [-0.15, -0.1) is 0 Å². The van der Waals surface area contributed by atoms with Gasteiger partial charge in [0, 0.05) is 43.8 Å². The molecule has 190 valence electrons. The van der Waals surface area contributed by atoms with Crippen LogP contribution in [0.25, 0.3) is 0 Å². The number of carbonyl (C=O) groups excluding carboxylic acids is 1. The summed E-state index contributed by atoms with van der Waals surface area (Å²) in [7, 11) is 1.71. The highest BCUT2D eigenvalue weighted by Crippen LogP contribution is 2.30. The zero-order valence-electron chi connectivity index (χ0n) is 21.8. The lowest BCUT2D eigenvalue weighted by molar-refractivity contribution is -0.132. The van der Waals surface area contributed by atoms with Crippen LogP contribution in [0.3, 0.4) is 0 Å². The van der Waals surface area contributed by atoms with Crippen LogP contribution in [0.15, 0.2) is 48.5 Å². The van der Waals surface area contributed by atoms with Crippen molar-refractivity contribution in [1.29, 1.82) is 0 Å². The van der Waals surface area contributed by atoms with E-state index >= 15 is 0 Å². The van der Waals surface area contributed by atoms with E-state index in [9.17, 15) is 4.79 Å². The molecule has 1 fully saturated rings. The SMILES string of the molecule is COc1ccccc1CCCC(=O)N1Cc2ccccc2NCC[C@H]2CC[C@@H](C1)N2CCC(C)C. The Balaban J connectivity index is 1.49. The lowest BCUT2D eigenvalue weighted by Crippen LogP contribution is -2.45. The van der Waals surface area contributed by atoms with Crippen molar-refractivity contribution in [2.45, 2.75) is 77.4 Å². The Bertz CT molecular complexity index is 960. The lowest BCUT2D eigenvalue weighted by Gasteiger charge is -2.34. The first-order valence-electron chi connectivity index (χ1n) is 13.5. The van der Waals surface area contributed by atoms with Gasteiger partial charge in [-0.1, -0.05) is 50.2 Å². The Hall–Kier alpha value is -2.53. The fraction of sp³-hybridized carbons (Fsp3) is 0.567. The van der Waals surface area contributed by atoms with E-state index in [1.165, 1.54) is 36.1 Å². The molecule has 2 aromatic carbocycles. The molecule has 4 rings (SSSR count). The van der Waals surface area contributed by atoms with Gasteiger partial charge >= 0.3 is 0 Å². The Morgan fingerprint density at radius 1 is 1.06 bits per heavy atom. The lowest BCUT2D eigenvalue weighted by atomic mass is 10.1. The fourth-order valence-corrected chi connectivity index (χ4v) is 5.71. The minimum atomic E-state index is 0.265. The predicted octanol–water partition coefficient (Wildman–Crippen LogP) is 5.74. The van der Waals surface area contributed by atoms with Gasteiger partial charge in [-0.05, 0) is 74.2 Å². The zero-order chi connectivity index (χ0) is 24.6. The van der Waals surface area contributed by atoms with E-state index < -0.39 is 0 Å². The first-order chi connectivity index (χ1) is 17.0. The molecule has 2 atom stereocenters. The number of aryl methyl sites for hydroxylation is 1. The maximum Gasteiger partial charge on any atom is 0.222 e. The second-order valence-electron chi connectivity index (χ2n) is 10.6. The first kappa shape index (κ1) is 25.6. The van der Waals surface area contributed by atoms with Gasteiger partial charge in [0.05, 0.1) is 7.11 Å². The third-order valence-corrected chi connectivity index (χ3v) is 7.72. The molecule has 2 bridgehead atoms. The van der Waals surface area contributed by atoms with E-state index in [0.29, 0.717) is 31.0 Å². The van der Waals surface area contributed by atoms with E-state index in [-0.39, 0.29) is 5.91 Å². The summed E-state index contributed by atoms with van der Waals surface area (Å²) in [6, 6.07) is 17.7. The highest BCUT2D eigenvalue weighted by molar-refractivity contribution is 5.76. The maximum absolute atomic E-state index is 13.6. The number of hydrogen-bond acceptors (Lipinski definition) is 4. The maximum atomic E-state index is 13.6. The van der Waals surface area contributed by atoms with Gasteiger partial charge in [-0.25, -0.2) is 0 Å². The van der Waals surface area contributed by atoms with Gasteiger partial charge in [0.2, 0.25) is 5.91 Å². The average molecular weight is 478 g/mol. The molecule has 0 saturated carbocycles. The highest BCUT2D eigenvalue weighted by atomic mass is 16.5. The van der Waals surface area contributed by atoms with Crippen molar-refractivity contribution in [3.63, 3.8) is 0 Å². The molecular weight excluding hydrogens is 434 g/mol. The third-order valence-electron chi connectivity index (χ3n) is 7.72. The van der Waals surface area contributed by atoms with Gasteiger partial charge in [0.15, 0.2) is 0 Å². The van der Waals surface area contributed by atoms with Crippen molar-refractivity contribution in [3.8, 4) is 5.75 Å². The number of benzene rings is 2. The van der Waals surface area contributed by atoms with Crippen LogP contribution in [0.1, 0.15) is 63.5 Å². The zero-order valence-corrected chi connectivity index (χ0v) is 21.8. The number of anilines is 1. The summed E-state index contributed by atoms with van der Waals surface area (Å²) in [6.07, 6.45) is 7.06. The van der Waals surface area contributed by atoms with Crippen LogP contribution in [0, 0.1) is 5.92 Å². The molecule has 2 aromatic rings. The van der Waals surface area contributed by atoms with Crippen LogP contribution < -0.4 is 10.1 Å². The molecule has 1 saturated heterocycles. The molecule has 0 spiro atoms. The number of amides is 1. The van der Waals surface area contributed by atoms with E-state index in [4.69, 9.17) is 4.74 Å². The number of ether oxygens (including phenoxy) is 1. The van der Waals surface area contributed by atoms with Gasteiger partial charge < -0.3 is 15.0 Å². The average Bonchev–Trinajstić information content (AvgIpc) is 3.22. The Morgan fingerprint density at radius 2 is 1.83 bits per heavy atom. The third kappa shape index (κ3) is 6.78. The molecule has 2 heterocycles. The number of methoxy groups -OCH3 is 1. The minimum absolute atomic E-state index is 0.265. The molecule has 5 nitrogen and oxygen atoms in total. The van der Waals surface area contributed by atoms with E-state index in [0.717, 1.165) is 44.6 Å². The number of rotatable bonds is 8. The van der Waals surface area contributed by atoms with Crippen LogP contribution in [0.5, 0.6) is 5.75 Å². The van der Waals surface area contributed by atoms with Crippen LogP contribution >= 0.6 is 0 Å². The van der Waals surface area contributed by atoms with Crippen LogP contribution in [0.2, 0.25) is 0 Å².